The van der Waals surface area contributed by atoms with Crippen LogP contribution < -0.4 is 5.32 Å². The summed E-state index contributed by atoms with van der Waals surface area (Å²) < 4.78 is 5.71. The number of thioether (sulfide) groups is 1. The van der Waals surface area contributed by atoms with Crippen LogP contribution in [0.3, 0.4) is 0 Å². The highest BCUT2D eigenvalue weighted by Crippen LogP contribution is 2.34. The summed E-state index contributed by atoms with van der Waals surface area (Å²) in [5.41, 5.74) is 1.01. The van der Waals surface area contributed by atoms with Gasteiger partial charge in [-0.2, -0.15) is 0 Å². The molecule has 0 atom stereocenters. The van der Waals surface area contributed by atoms with Crippen LogP contribution in [0.4, 0.5) is 16.2 Å². The molecule has 5 rings (SSSR count). The van der Waals surface area contributed by atoms with Crippen molar-refractivity contribution < 1.29 is 23.7 Å². The van der Waals surface area contributed by atoms with Gasteiger partial charge in [0.2, 0.25) is 5.91 Å². The van der Waals surface area contributed by atoms with Gasteiger partial charge in [-0.1, -0.05) is 48.5 Å². The number of benzene rings is 3. The molecule has 0 unspecified atom stereocenters. The SMILES string of the molecule is O=C(CN1C(=O)S/C(=C/c2ccc(-c3cccc([N+](=O)[O-])c3)o2)C1=O)Nc1cccc2ccccc12. The number of nitro groups is 1. The predicted octanol–water partition coefficient (Wildman–Crippen LogP) is 5.68. The fraction of sp³-hybridized carbons (Fsp3) is 0.0385. The first kappa shape index (κ1) is 23.1. The van der Waals surface area contributed by atoms with Gasteiger partial charge in [0.25, 0.3) is 16.8 Å². The molecule has 0 aliphatic carbocycles. The Morgan fingerprint density at radius 3 is 2.64 bits per heavy atom. The van der Waals surface area contributed by atoms with Crippen molar-refractivity contribution in [3.8, 4) is 11.3 Å². The molecule has 1 fully saturated rings. The Hall–Kier alpha value is -4.70. The number of carbonyl (C=O) groups is 3. The van der Waals surface area contributed by atoms with Gasteiger partial charge in [-0.15, -0.1) is 0 Å². The van der Waals surface area contributed by atoms with Crippen molar-refractivity contribution in [2.45, 2.75) is 0 Å². The molecule has 1 saturated heterocycles. The number of fused-ring (bicyclic) bond motifs is 1. The Morgan fingerprint density at radius 1 is 1.03 bits per heavy atom. The van der Waals surface area contributed by atoms with Crippen molar-refractivity contribution in [2.24, 2.45) is 0 Å². The van der Waals surface area contributed by atoms with E-state index in [0.29, 0.717) is 34.5 Å². The van der Waals surface area contributed by atoms with Crippen molar-refractivity contribution >= 4 is 57.0 Å². The van der Waals surface area contributed by atoms with E-state index < -0.39 is 28.5 Å². The van der Waals surface area contributed by atoms with Crippen LogP contribution in [0.15, 0.2) is 88.2 Å². The molecule has 0 saturated carbocycles. The highest BCUT2D eigenvalue weighted by atomic mass is 32.2. The van der Waals surface area contributed by atoms with E-state index in [9.17, 15) is 24.5 Å². The number of non-ortho nitro benzene ring substituents is 1. The number of anilines is 1. The van der Waals surface area contributed by atoms with Crippen molar-refractivity contribution in [3.05, 3.63) is 99.6 Å². The van der Waals surface area contributed by atoms with E-state index in [1.165, 1.54) is 18.2 Å². The molecule has 0 bridgehead atoms. The number of nitrogens with one attached hydrogen (secondary N) is 1. The maximum atomic E-state index is 12.8. The standard InChI is InChI=1S/C26H17N3O6S/c30-24(27-21-10-4-6-16-5-1-2-9-20(16)21)15-28-25(31)23(36-26(28)32)14-19-11-12-22(35-19)17-7-3-8-18(13-17)29(33)34/h1-14H,15H2,(H,27,30)/b23-14+. The highest BCUT2D eigenvalue weighted by Gasteiger charge is 2.36. The van der Waals surface area contributed by atoms with Crippen molar-refractivity contribution in [2.75, 3.05) is 11.9 Å². The molecule has 1 aliphatic heterocycles. The van der Waals surface area contributed by atoms with E-state index in [0.717, 1.165) is 15.7 Å². The monoisotopic (exact) mass is 499 g/mol. The first-order valence-electron chi connectivity index (χ1n) is 10.8. The Bertz CT molecular complexity index is 1570. The number of imide groups is 1. The fourth-order valence-electron chi connectivity index (χ4n) is 3.79. The molecule has 4 aromatic rings. The van der Waals surface area contributed by atoms with Crippen molar-refractivity contribution in [3.63, 3.8) is 0 Å². The van der Waals surface area contributed by atoms with Gasteiger partial charge in [0.1, 0.15) is 18.1 Å². The minimum atomic E-state index is -0.605. The molecule has 178 valence electrons. The molecule has 9 nitrogen and oxygen atoms in total. The Morgan fingerprint density at radius 2 is 1.81 bits per heavy atom. The Kier molecular flexibility index (Phi) is 6.09. The number of nitrogens with zero attached hydrogens (tertiary/aromatic N) is 2. The second-order valence-electron chi connectivity index (χ2n) is 7.85. The average molecular weight is 500 g/mol. The molecule has 3 aromatic carbocycles. The first-order chi connectivity index (χ1) is 17.4. The van der Waals surface area contributed by atoms with Crippen LogP contribution in [0.25, 0.3) is 28.2 Å². The topological polar surface area (TPSA) is 123 Å². The van der Waals surface area contributed by atoms with Gasteiger partial charge in [0.15, 0.2) is 0 Å². The summed E-state index contributed by atoms with van der Waals surface area (Å²) in [6.07, 6.45) is 1.41. The molecule has 2 heterocycles. The molecular formula is C26H17N3O6S. The molecule has 10 heteroatoms. The second-order valence-corrected chi connectivity index (χ2v) is 8.85. The number of nitro benzene ring substituents is 1. The summed E-state index contributed by atoms with van der Waals surface area (Å²) in [5, 5.41) is 15.0. The number of rotatable bonds is 6. The molecule has 1 aliphatic rings. The average Bonchev–Trinajstić information content (AvgIpc) is 3.45. The third-order valence-corrected chi connectivity index (χ3v) is 6.39. The molecule has 3 amide bonds. The van der Waals surface area contributed by atoms with Crippen LogP contribution in [-0.2, 0) is 9.59 Å². The van der Waals surface area contributed by atoms with Gasteiger partial charge in [0, 0.05) is 34.8 Å². The lowest BCUT2D eigenvalue weighted by Gasteiger charge is -2.13. The number of hydrogen-bond donors (Lipinski definition) is 1. The van der Waals surface area contributed by atoms with E-state index in [2.05, 4.69) is 5.32 Å². The van der Waals surface area contributed by atoms with E-state index in [1.54, 1.807) is 30.3 Å². The molecular weight excluding hydrogens is 482 g/mol. The maximum absolute atomic E-state index is 12.8. The minimum Gasteiger partial charge on any atom is -0.457 e. The van der Waals surface area contributed by atoms with Crippen LogP contribution in [0, 0.1) is 10.1 Å². The van der Waals surface area contributed by atoms with E-state index in [1.807, 2.05) is 36.4 Å². The zero-order chi connectivity index (χ0) is 25.2. The Labute approximate surface area is 208 Å². The van der Waals surface area contributed by atoms with E-state index in [-0.39, 0.29) is 10.6 Å². The Balaban J connectivity index is 1.30. The molecule has 1 N–H and O–H groups in total. The van der Waals surface area contributed by atoms with Gasteiger partial charge in [-0.05, 0) is 35.3 Å². The summed E-state index contributed by atoms with van der Waals surface area (Å²) in [4.78, 5) is 49.5. The van der Waals surface area contributed by atoms with Crippen LogP contribution in [0.1, 0.15) is 5.76 Å². The lowest BCUT2D eigenvalue weighted by molar-refractivity contribution is -0.384. The zero-order valence-corrected chi connectivity index (χ0v) is 19.4. The molecule has 36 heavy (non-hydrogen) atoms. The summed E-state index contributed by atoms with van der Waals surface area (Å²) >= 11 is 0.708. The quantitative estimate of drug-likeness (QED) is 0.206. The van der Waals surface area contributed by atoms with Gasteiger partial charge < -0.3 is 9.73 Å². The zero-order valence-electron chi connectivity index (χ0n) is 18.5. The van der Waals surface area contributed by atoms with Crippen molar-refractivity contribution in [1.82, 2.24) is 4.90 Å². The number of amides is 3. The van der Waals surface area contributed by atoms with Gasteiger partial charge in [-0.3, -0.25) is 29.4 Å². The molecule has 1 aromatic heterocycles. The normalized spacial score (nSPS) is 14.6. The predicted molar refractivity (Wildman–Crippen MR) is 136 cm³/mol. The van der Waals surface area contributed by atoms with Crippen LogP contribution in [0.2, 0.25) is 0 Å². The van der Waals surface area contributed by atoms with Gasteiger partial charge in [-0.25, -0.2) is 0 Å². The third kappa shape index (κ3) is 4.62. The number of furan rings is 1. The molecule has 0 spiro atoms. The first-order valence-corrected chi connectivity index (χ1v) is 11.6. The maximum Gasteiger partial charge on any atom is 0.294 e. The second kappa shape index (κ2) is 9.51. The molecule has 0 radical (unpaired) electrons. The van der Waals surface area contributed by atoms with Crippen LogP contribution >= 0.6 is 11.8 Å². The smallest absolute Gasteiger partial charge is 0.294 e. The number of hydrogen-bond acceptors (Lipinski definition) is 7. The summed E-state index contributed by atoms with van der Waals surface area (Å²) in [7, 11) is 0. The minimum absolute atomic E-state index is 0.0756. The summed E-state index contributed by atoms with van der Waals surface area (Å²) in [5.74, 6) is -0.437. The summed E-state index contributed by atoms with van der Waals surface area (Å²) in [6.45, 7) is -0.428. The van der Waals surface area contributed by atoms with Crippen LogP contribution in [0.5, 0.6) is 0 Å². The summed E-state index contributed by atoms with van der Waals surface area (Å²) in [6, 6.07) is 22.2. The lowest BCUT2D eigenvalue weighted by atomic mass is 10.1. The van der Waals surface area contributed by atoms with Crippen LogP contribution in [-0.4, -0.2) is 33.4 Å². The third-order valence-electron chi connectivity index (χ3n) is 5.48. The fourth-order valence-corrected chi connectivity index (χ4v) is 4.61. The highest BCUT2D eigenvalue weighted by molar-refractivity contribution is 8.18. The van der Waals surface area contributed by atoms with E-state index >= 15 is 0 Å². The van der Waals surface area contributed by atoms with Crippen molar-refractivity contribution in [1.29, 1.82) is 0 Å². The van der Waals surface area contributed by atoms with E-state index in [4.69, 9.17) is 4.42 Å². The lowest BCUT2D eigenvalue weighted by Crippen LogP contribution is -2.36. The van der Waals surface area contributed by atoms with Gasteiger partial charge in [0.05, 0.1) is 9.83 Å². The number of carbonyl (C=O) groups excluding carboxylic acids is 3. The van der Waals surface area contributed by atoms with Gasteiger partial charge >= 0.3 is 0 Å². The largest absolute Gasteiger partial charge is 0.457 e.